The second-order valence-corrected chi connectivity index (χ2v) is 5.42. The van der Waals surface area contributed by atoms with E-state index in [0.717, 1.165) is 19.4 Å². The Labute approximate surface area is 117 Å². The van der Waals surface area contributed by atoms with E-state index in [9.17, 15) is 9.59 Å². The minimum Gasteiger partial charge on any atom is -0.466 e. The van der Waals surface area contributed by atoms with Crippen molar-refractivity contribution in [1.82, 2.24) is 4.90 Å². The number of fused-ring (bicyclic) bond motifs is 1. The highest BCUT2D eigenvalue weighted by atomic mass is 16.6. The molecular weight excluding hydrogens is 262 g/mol. The minimum absolute atomic E-state index is 0.294. The second kappa shape index (κ2) is 4.77. The van der Waals surface area contributed by atoms with Gasteiger partial charge in [0.1, 0.15) is 11.8 Å². The van der Waals surface area contributed by atoms with E-state index < -0.39 is 23.7 Å². The SMILES string of the molecule is CCOC(=O)[C@H]1C[C@@]23CCCN2C=C(C(=O)OC)[C@@H]1O3. The highest BCUT2D eigenvalue weighted by molar-refractivity contribution is 5.91. The van der Waals surface area contributed by atoms with Gasteiger partial charge in [-0.3, -0.25) is 4.79 Å². The van der Waals surface area contributed by atoms with E-state index in [-0.39, 0.29) is 5.97 Å². The molecule has 20 heavy (non-hydrogen) atoms. The number of methoxy groups -OCH3 is 1. The zero-order valence-electron chi connectivity index (χ0n) is 11.8. The van der Waals surface area contributed by atoms with Crippen molar-refractivity contribution in [2.45, 2.75) is 38.0 Å². The van der Waals surface area contributed by atoms with Crippen molar-refractivity contribution in [3.63, 3.8) is 0 Å². The Kier molecular flexibility index (Phi) is 3.20. The van der Waals surface area contributed by atoms with Crippen LogP contribution in [0.5, 0.6) is 0 Å². The highest BCUT2D eigenvalue weighted by Gasteiger charge is 2.59. The number of hydrogen-bond donors (Lipinski definition) is 0. The van der Waals surface area contributed by atoms with Gasteiger partial charge in [0.2, 0.25) is 0 Å². The molecule has 0 aromatic heterocycles. The summed E-state index contributed by atoms with van der Waals surface area (Å²) in [6, 6.07) is 0. The average molecular weight is 281 g/mol. The van der Waals surface area contributed by atoms with Crippen molar-refractivity contribution in [2.75, 3.05) is 20.3 Å². The van der Waals surface area contributed by atoms with E-state index in [1.807, 2.05) is 11.1 Å². The largest absolute Gasteiger partial charge is 0.466 e. The third kappa shape index (κ3) is 1.82. The first-order valence-corrected chi connectivity index (χ1v) is 7.02. The second-order valence-electron chi connectivity index (χ2n) is 5.42. The molecular formula is C14H19NO5. The van der Waals surface area contributed by atoms with Crippen molar-refractivity contribution in [3.05, 3.63) is 11.8 Å². The summed E-state index contributed by atoms with van der Waals surface area (Å²) in [5.41, 5.74) is -0.0137. The number of rotatable bonds is 3. The van der Waals surface area contributed by atoms with Gasteiger partial charge in [0.05, 0.1) is 25.2 Å². The third-order valence-electron chi connectivity index (χ3n) is 4.35. The molecule has 6 nitrogen and oxygen atoms in total. The summed E-state index contributed by atoms with van der Waals surface area (Å²) in [4.78, 5) is 26.1. The smallest absolute Gasteiger partial charge is 0.337 e. The molecule has 0 aliphatic carbocycles. The van der Waals surface area contributed by atoms with Crippen LogP contribution in [0.2, 0.25) is 0 Å². The van der Waals surface area contributed by atoms with Gasteiger partial charge >= 0.3 is 11.9 Å². The van der Waals surface area contributed by atoms with Gasteiger partial charge in [-0.2, -0.15) is 0 Å². The molecule has 1 spiro atoms. The molecule has 0 saturated carbocycles. The Morgan fingerprint density at radius 3 is 3.05 bits per heavy atom. The average Bonchev–Trinajstić information content (AvgIpc) is 3.00. The van der Waals surface area contributed by atoms with Gasteiger partial charge in [0.25, 0.3) is 0 Å². The van der Waals surface area contributed by atoms with Gasteiger partial charge in [0, 0.05) is 19.2 Å². The molecule has 2 bridgehead atoms. The van der Waals surface area contributed by atoms with Gasteiger partial charge in [-0.05, 0) is 19.8 Å². The van der Waals surface area contributed by atoms with Crippen molar-refractivity contribution < 1.29 is 23.8 Å². The number of carbonyl (C=O) groups excluding carboxylic acids is 2. The zero-order valence-corrected chi connectivity index (χ0v) is 11.8. The Morgan fingerprint density at radius 2 is 2.35 bits per heavy atom. The fourth-order valence-electron chi connectivity index (χ4n) is 3.48. The predicted molar refractivity (Wildman–Crippen MR) is 68.4 cm³/mol. The summed E-state index contributed by atoms with van der Waals surface area (Å²) in [5.74, 6) is -1.16. The Balaban J connectivity index is 1.94. The molecule has 2 saturated heterocycles. The number of nitrogens with zero attached hydrogens (tertiary/aromatic N) is 1. The standard InChI is InChI=1S/C14H19NO5/c1-3-19-13(17)9-7-14-5-4-6-15(14)8-10(11(9)20-14)12(16)18-2/h8-9,11H,3-7H2,1-2H3/t9-,11+,14-/m0/s1. The van der Waals surface area contributed by atoms with Crippen LogP contribution in [-0.2, 0) is 23.8 Å². The summed E-state index contributed by atoms with van der Waals surface area (Å²) < 4.78 is 16.0. The van der Waals surface area contributed by atoms with Crippen LogP contribution in [0.1, 0.15) is 26.2 Å². The number of esters is 2. The molecule has 0 aromatic carbocycles. The summed E-state index contributed by atoms with van der Waals surface area (Å²) in [6.07, 6.45) is 3.72. The molecule has 0 amide bonds. The Bertz CT molecular complexity index is 474. The number of hydrogen-bond acceptors (Lipinski definition) is 6. The van der Waals surface area contributed by atoms with Crippen molar-refractivity contribution in [2.24, 2.45) is 5.92 Å². The third-order valence-corrected chi connectivity index (χ3v) is 4.35. The molecule has 3 heterocycles. The lowest BCUT2D eigenvalue weighted by atomic mass is 9.93. The van der Waals surface area contributed by atoms with Crippen LogP contribution in [0.4, 0.5) is 0 Å². The molecule has 0 unspecified atom stereocenters. The fraction of sp³-hybridized carbons (Fsp3) is 0.714. The van der Waals surface area contributed by atoms with Gasteiger partial charge in [-0.25, -0.2) is 4.79 Å². The summed E-state index contributed by atoms with van der Waals surface area (Å²) in [5, 5.41) is 0. The van der Waals surface area contributed by atoms with Crippen molar-refractivity contribution in [3.8, 4) is 0 Å². The Morgan fingerprint density at radius 1 is 1.55 bits per heavy atom. The molecule has 110 valence electrons. The highest BCUT2D eigenvalue weighted by Crippen LogP contribution is 2.50. The van der Waals surface area contributed by atoms with Crippen LogP contribution in [0.15, 0.2) is 11.8 Å². The van der Waals surface area contributed by atoms with E-state index in [1.165, 1.54) is 7.11 Å². The lowest BCUT2D eigenvalue weighted by Gasteiger charge is -2.37. The molecule has 0 aromatic rings. The van der Waals surface area contributed by atoms with Crippen LogP contribution in [-0.4, -0.2) is 48.9 Å². The van der Waals surface area contributed by atoms with Gasteiger partial charge in [-0.15, -0.1) is 0 Å². The minimum atomic E-state index is -0.546. The van der Waals surface area contributed by atoms with Crippen LogP contribution >= 0.6 is 0 Å². The first kappa shape index (κ1) is 13.4. The lowest BCUT2D eigenvalue weighted by molar-refractivity contribution is -0.152. The first-order valence-electron chi connectivity index (χ1n) is 7.02. The van der Waals surface area contributed by atoms with Gasteiger partial charge < -0.3 is 19.1 Å². The maximum atomic E-state index is 12.1. The molecule has 0 N–H and O–H groups in total. The van der Waals surface area contributed by atoms with Crippen LogP contribution in [0.25, 0.3) is 0 Å². The van der Waals surface area contributed by atoms with Gasteiger partial charge in [-0.1, -0.05) is 0 Å². The molecule has 0 radical (unpaired) electrons. The Hall–Kier alpha value is -1.56. The normalized spacial score (nSPS) is 34.5. The number of ether oxygens (including phenoxy) is 3. The quantitative estimate of drug-likeness (QED) is 0.714. The van der Waals surface area contributed by atoms with Crippen LogP contribution in [0.3, 0.4) is 0 Å². The van der Waals surface area contributed by atoms with E-state index in [0.29, 0.717) is 18.6 Å². The molecule has 3 atom stereocenters. The summed E-state index contributed by atoms with van der Waals surface area (Å²) in [7, 11) is 1.34. The number of carbonyl (C=O) groups is 2. The zero-order chi connectivity index (χ0) is 14.3. The monoisotopic (exact) mass is 281 g/mol. The van der Waals surface area contributed by atoms with E-state index >= 15 is 0 Å². The molecule has 6 heteroatoms. The van der Waals surface area contributed by atoms with Crippen molar-refractivity contribution >= 4 is 11.9 Å². The summed E-state index contributed by atoms with van der Waals surface area (Å²) >= 11 is 0. The van der Waals surface area contributed by atoms with Gasteiger partial charge in [0.15, 0.2) is 0 Å². The maximum Gasteiger partial charge on any atom is 0.337 e. The van der Waals surface area contributed by atoms with Crippen molar-refractivity contribution in [1.29, 1.82) is 0 Å². The van der Waals surface area contributed by atoms with Crippen LogP contribution in [0, 0.1) is 5.92 Å². The first-order chi connectivity index (χ1) is 9.61. The van der Waals surface area contributed by atoms with E-state index in [1.54, 1.807) is 6.92 Å². The topological polar surface area (TPSA) is 65.1 Å². The fourth-order valence-corrected chi connectivity index (χ4v) is 3.48. The molecule has 3 rings (SSSR count). The molecule has 2 fully saturated rings. The molecule has 3 aliphatic rings. The maximum absolute atomic E-state index is 12.1. The van der Waals surface area contributed by atoms with E-state index in [4.69, 9.17) is 14.2 Å². The van der Waals surface area contributed by atoms with Crippen LogP contribution < -0.4 is 0 Å². The summed E-state index contributed by atoms with van der Waals surface area (Å²) in [6.45, 7) is 2.94. The lowest BCUT2D eigenvalue weighted by Crippen LogP contribution is -2.45. The van der Waals surface area contributed by atoms with E-state index in [2.05, 4.69) is 0 Å². The predicted octanol–water partition coefficient (Wildman–Crippen LogP) is 0.817. The molecule has 3 aliphatic heterocycles.